The molecule has 2 saturated heterocycles. The molecule has 1 aromatic carbocycles. The summed E-state index contributed by atoms with van der Waals surface area (Å²) in [5.74, 6) is 2.20. The highest BCUT2D eigenvalue weighted by atomic mass is 16.5. The number of allylic oxidation sites excluding steroid dienone is 1. The molecule has 2 heterocycles. The first-order valence-corrected chi connectivity index (χ1v) is 10.6. The van der Waals surface area contributed by atoms with Crippen LogP contribution in [-0.4, -0.2) is 55.6 Å². The Morgan fingerprint density at radius 3 is 2.54 bits per heavy atom. The van der Waals surface area contributed by atoms with Crippen LogP contribution in [0.4, 0.5) is 0 Å². The number of hydrogen-bond acceptors (Lipinski definition) is 4. The van der Waals surface area contributed by atoms with Crippen LogP contribution in [0.25, 0.3) is 0 Å². The number of carbonyl (C=O) groups excluding carboxylic acids is 1. The number of rotatable bonds is 8. The number of nitrogens with zero attached hydrogens (tertiary/aromatic N) is 2. The molecule has 0 radical (unpaired) electrons. The van der Waals surface area contributed by atoms with E-state index in [4.69, 9.17) is 9.47 Å². The first-order chi connectivity index (χ1) is 13.7. The molecule has 5 nitrogen and oxygen atoms in total. The molecule has 5 heteroatoms. The number of methoxy groups -OCH3 is 1. The minimum absolute atomic E-state index is 0.209. The summed E-state index contributed by atoms with van der Waals surface area (Å²) < 4.78 is 11.4. The number of piperidine rings is 1. The Balaban J connectivity index is 1.63. The highest BCUT2D eigenvalue weighted by Gasteiger charge is 2.29. The Labute approximate surface area is 169 Å². The fourth-order valence-corrected chi connectivity index (χ4v) is 4.37. The molecule has 0 saturated carbocycles. The van der Waals surface area contributed by atoms with E-state index in [0.717, 1.165) is 81.9 Å². The van der Waals surface area contributed by atoms with Gasteiger partial charge in [-0.25, -0.2) is 0 Å². The number of likely N-dealkylation sites (tertiary alicyclic amines) is 2. The van der Waals surface area contributed by atoms with Gasteiger partial charge >= 0.3 is 0 Å². The van der Waals surface area contributed by atoms with Crippen molar-refractivity contribution in [2.24, 2.45) is 5.92 Å². The van der Waals surface area contributed by atoms with Crippen LogP contribution in [0.1, 0.15) is 43.7 Å². The maximum atomic E-state index is 12.6. The Morgan fingerprint density at radius 1 is 1.21 bits per heavy atom. The number of benzene rings is 1. The fourth-order valence-electron chi connectivity index (χ4n) is 4.37. The molecule has 0 aromatic heterocycles. The van der Waals surface area contributed by atoms with Crippen molar-refractivity contribution >= 4 is 5.91 Å². The van der Waals surface area contributed by atoms with E-state index in [0.29, 0.717) is 12.5 Å². The van der Waals surface area contributed by atoms with Crippen molar-refractivity contribution in [2.45, 2.75) is 45.6 Å². The second kappa shape index (κ2) is 9.97. The molecule has 2 fully saturated rings. The lowest BCUT2D eigenvalue weighted by molar-refractivity contribution is -0.136. The van der Waals surface area contributed by atoms with Gasteiger partial charge in [0.25, 0.3) is 0 Å². The van der Waals surface area contributed by atoms with Crippen molar-refractivity contribution in [3.05, 3.63) is 35.9 Å². The molecule has 0 bridgehead atoms. The van der Waals surface area contributed by atoms with Crippen LogP contribution in [-0.2, 0) is 17.8 Å². The van der Waals surface area contributed by atoms with Crippen LogP contribution < -0.4 is 9.47 Å². The molecule has 0 spiro atoms. The second-order valence-corrected chi connectivity index (χ2v) is 7.79. The van der Waals surface area contributed by atoms with Gasteiger partial charge in [-0.05, 0) is 63.7 Å². The molecule has 28 heavy (non-hydrogen) atoms. The largest absolute Gasteiger partial charge is 0.493 e. The molecule has 0 unspecified atom stereocenters. The number of ether oxygens (including phenoxy) is 2. The van der Waals surface area contributed by atoms with Crippen molar-refractivity contribution in [1.82, 2.24) is 9.80 Å². The second-order valence-electron chi connectivity index (χ2n) is 7.79. The standard InChI is InChI=1S/C23H34N2O3/c1-4-8-20-15-18(16-21(27-3)22(20)28-5-2)17-24-13-9-19(10-14-24)23(26)25-11-6-7-12-25/h4,15-16,19H,1,5-14,17H2,2-3H3. The molecule has 0 aliphatic carbocycles. The Morgan fingerprint density at radius 2 is 1.93 bits per heavy atom. The minimum Gasteiger partial charge on any atom is -0.493 e. The molecule has 1 amide bonds. The lowest BCUT2D eigenvalue weighted by atomic mass is 9.94. The van der Waals surface area contributed by atoms with Crippen molar-refractivity contribution in [1.29, 1.82) is 0 Å². The van der Waals surface area contributed by atoms with Crippen LogP contribution in [0.5, 0.6) is 11.5 Å². The zero-order valence-corrected chi connectivity index (χ0v) is 17.4. The van der Waals surface area contributed by atoms with Crippen LogP contribution >= 0.6 is 0 Å². The summed E-state index contributed by atoms with van der Waals surface area (Å²) >= 11 is 0. The summed E-state index contributed by atoms with van der Waals surface area (Å²) in [6.45, 7) is 11.2. The maximum absolute atomic E-state index is 12.6. The zero-order chi connectivity index (χ0) is 19.9. The summed E-state index contributed by atoms with van der Waals surface area (Å²) in [7, 11) is 1.69. The third kappa shape index (κ3) is 4.88. The van der Waals surface area contributed by atoms with Gasteiger partial charge in [-0.2, -0.15) is 0 Å². The lowest BCUT2D eigenvalue weighted by Gasteiger charge is -2.33. The summed E-state index contributed by atoms with van der Waals surface area (Å²) in [5, 5.41) is 0. The highest BCUT2D eigenvalue weighted by molar-refractivity contribution is 5.79. The topological polar surface area (TPSA) is 42.0 Å². The van der Waals surface area contributed by atoms with Crippen molar-refractivity contribution < 1.29 is 14.3 Å². The molecule has 2 aliphatic rings. The van der Waals surface area contributed by atoms with E-state index < -0.39 is 0 Å². The van der Waals surface area contributed by atoms with Crippen molar-refractivity contribution in [3.8, 4) is 11.5 Å². The van der Waals surface area contributed by atoms with E-state index in [1.165, 1.54) is 5.56 Å². The molecule has 154 valence electrons. The Kier molecular flexibility index (Phi) is 7.37. The Hall–Kier alpha value is -2.01. The van der Waals surface area contributed by atoms with Crippen LogP contribution in [0, 0.1) is 5.92 Å². The quantitative estimate of drug-likeness (QED) is 0.640. The first kappa shape index (κ1) is 20.7. The molecule has 2 aliphatic heterocycles. The third-order valence-corrected chi connectivity index (χ3v) is 5.83. The third-order valence-electron chi connectivity index (χ3n) is 5.83. The predicted octanol–water partition coefficient (Wildman–Crippen LogP) is 3.66. The summed E-state index contributed by atoms with van der Waals surface area (Å²) in [6, 6.07) is 4.29. The molecule has 1 aromatic rings. The van der Waals surface area contributed by atoms with E-state index in [2.05, 4.69) is 28.5 Å². The van der Waals surface area contributed by atoms with Gasteiger partial charge in [0, 0.05) is 31.1 Å². The maximum Gasteiger partial charge on any atom is 0.225 e. The van der Waals surface area contributed by atoms with E-state index >= 15 is 0 Å². The Bertz CT molecular complexity index is 675. The molecule has 0 N–H and O–H groups in total. The van der Waals surface area contributed by atoms with Gasteiger partial charge in [0.15, 0.2) is 11.5 Å². The predicted molar refractivity (Wildman–Crippen MR) is 112 cm³/mol. The fraction of sp³-hybridized carbons (Fsp3) is 0.609. The van der Waals surface area contributed by atoms with Crippen LogP contribution in [0.3, 0.4) is 0 Å². The minimum atomic E-state index is 0.209. The van der Waals surface area contributed by atoms with E-state index in [-0.39, 0.29) is 5.92 Å². The van der Waals surface area contributed by atoms with Crippen LogP contribution in [0.2, 0.25) is 0 Å². The van der Waals surface area contributed by atoms with Gasteiger partial charge < -0.3 is 14.4 Å². The van der Waals surface area contributed by atoms with Gasteiger partial charge in [0.2, 0.25) is 5.91 Å². The first-order valence-electron chi connectivity index (χ1n) is 10.6. The normalized spacial score (nSPS) is 18.3. The molecule has 3 rings (SSSR count). The zero-order valence-electron chi connectivity index (χ0n) is 17.4. The van der Waals surface area contributed by atoms with E-state index in [9.17, 15) is 4.79 Å². The summed E-state index contributed by atoms with van der Waals surface area (Å²) in [5.41, 5.74) is 2.34. The lowest BCUT2D eigenvalue weighted by Crippen LogP contribution is -2.41. The van der Waals surface area contributed by atoms with Crippen LogP contribution in [0.15, 0.2) is 24.8 Å². The van der Waals surface area contributed by atoms with Crippen molar-refractivity contribution in [2.75, 3.05) is 39.9 Å². The molecular weight excluding hydrogens is 352 g/mol. The number of amides is 1. The number of carbonyl (C=O) groups is 1. The smallest absolute Gasteiger partial charge is 0.225 e. The highest BCUT2D eigenvalue weighted by Crippen LogP contribution is 2.34. The average molecular weight is 387 g/mol. The molecular formula is C23H34N2O3. The van der Waals surface area contributed by atoms with E-state index in [1.54, 1.807) is 7.11 Å². The summed E-state index contributed by atoms with van der Waals surface area (Å²) in [6.07, 6.45) is 6.91. The van der Waals surface area contributed by atoms with Gasteiger partial charge in [0.1, 0.15) is 0 Å². The van der Waals surface area contributed by atoms with Gasteiger partial charge in [-0.15, -0.1) is 6.58 Å². The summed E-state index contributed by atoms with van der Waals surface area (Å²) in [4.78, 5) is 17.1. The number of hydrogen-bond donors (Lipinski definition) is 0. The van der Waals surface area contributed by atoms with Gasteiger partial charge in [0.05, 0.1) is 13.7 Å². The van der Waals surface area contributed by atoms with Gasteiger partial charge in [-0.3, -0.25) is 9.69 Å². The SMILES string of the molecule is C=CCc1cc(CN2CCC(C(=O)N3CCCC3)CC2)cc(OC)c1OCC. The molecule has 0 atom stereocenters. The van der Waals surface area contributed by atoms with Crippen molar-refractivity contribution in [3.63, 3.8) is 0 Å². The van der Waals surface area contributed by atoms with Gasteiger partial charge in [-0.1, -0.05) is 12.1 Å². The van der Waals surface area contributed by atoms with E-state index in [1.807, 2.05) is 13.0 Å². The monoisotopic (exact) mass is 386 g/mol. The average Bonchev–Trinajstić information content (AvgIpc) is 3.25.